The normalized spacial score (nSPS) is 12.8. The summed E-state index contributed by atoms with van der Waals surface area (Å²) in [5, 5.41) is 6.69. The molecule has 0 spiro atoms. The van der Waals surface area contributed by atoms with Gasteiger partial charge in [0.25, 0.3) is 0 Å². The molecule has 0 saturated heterocycles. The summed E-state index contributed by atoms with van der Waals surface area (Å²) < 4.78 is 19.1. The Morgan fingerprint density at radius 2 is 2.15 bits per heavy atom. The van der Waals surface area contributed by atoms with E-state index in [0.717, 1.165) is 24.2 Å². The molecule has 0 amide bonds. The number of esters is 1. The van der Waals surface area contributed by atoms with Gasteiger partial charge in [0, 0.05) is 30.9 Å². The first-order valence-corrected chi connectivity index (χ1v) is 9.19. The van der Waals surface area contributed by atoms with E-state index in [9.17, 15) is 9.18 Å². The predicted molar refractivity (Wildman–Crippen MR) is 102 cm³/mol. The number of nitrogens with one attached hydrogen (secondary N) is 2. The molecule has 138 valence electrons. The summed E-state index contributed by atoms with van der Waals surface area (Å²) in [6.07, 6.45) is 2.84. The number of anilines is 2. The summed E-state index contributed by atoms with van der Waals surface area (Å²) in [5.41, 5.74) is 4.98. The Bertz CT molecular complexity index is 777. The topological polar surface area (TPSA) is 50.4 Å². The van der Waals surface area contributed by atoms with E-state index in [1.807, 2.05) is 6.07 Å². The maximum Gasteiger partial charge on any atom is 0.306 e. The predicted octanol–water partition coefficient (Wildman–Crippen LogP) is 4.29. The van der Waals surface area contributed by atoms with Crippen LogP contribution in [0.1, 0.15) is 36.5 Å². The lowest BCUT2D eigenvalue weighted by atomic mass is 10.0. The van der Waals surface area contributed by atoms with E-state index >= 15 is 0 Å². The van der Waals surface area contributed by atoms with Crippen molar-refractivity contribution in [2.24, 2.45) is 0 Å². The van der Waals surface area contributed by atoms with Gasteiger partial charge in [-0.15, -0.1) is 0 Å². The standard InChI is InChI=1S/C21H25FN2O2/c1-2-26-21(25)10-8-16-7-9-18(13-19(16)22)24-14-15-5-6-17-4-3-11-23-20(17)12-15/h5-7,9,12-13,23-24H,2-4,8,10-11,14H2,1H3. The number of carbonyl (C=O) groups is 1. The van der Waals surface area contributed by atoms with E-state index in [4.69, 9.17) is 4.74 Å². The molecule has 0 aromatic heterocycles. The van der Waals surface area contributed by atoms with Crippen LogP contribution in [0.4, 0.5) is 15.8 Å². The van der Waals surface area contributed by atoms with Gasteiger partial charge in [0.05, 0.1) is 6.61 Å². The second kappa shape index (κ2) is 8.70. The minimum Gasteiger partial charge on any atom is -0.466 e. The Balaban J connectivity index is 1.57. The molecule has 1 aliphatic heterocycles. The maximum atomic E-state index is 14.2. The molecule has 3 rings (SSSR count). The van der Waals surface area contributed by atoms with Gasteiger partial charge in [-0.05, 0) is 61.1 Å². The monoisotopic (exact) mass is 356 g/mol. The summed E-state index contributed by atoms with van der Waals surface area (Å²) in [6, 6.07) is 11.5. The number of fused-ring (bicyclic) bond motifs is 1. The number of carbonyl (C=O) groups excluding carboxylic acids is 1. The Morgan fingerprint density at radius 1 is 1.27 bits per heavy atom. The molecule has 5 heteroatoms. The summed E-state index contributed by atoms with van der Waals surface area (Å²) in [6.45, 7) is 3.76. The average molecular weight is 356 g/mol. The first kappa shape index (κ1) is 18.2. The summed E-state index contributed by atoms with van der Waals surface area (Å²) in [7, 11) is 0. The second-order valence-corrected chi connectivity index (χ2v) is 6.49. The van der Waals surface area contributed by atoms with E-state index in [0.29, 0.717) is 25.1 Å². The number of hydrogen-bond acceptors (Lipinski definition) is 4. The molecule has 0 aliphatic carbocycles. The molecule has 4 nitrogen and oxygen atoms in total. The number of ether oxygens (including phenoxy) is 1. The lowest BCUT2D eigenvalue weighted by molar-refractivity contribution is -0.143. The van der Waals surface area contributed by atoms with Gasteiger partial charge >= 0.3 is 5.97 Å². The second-order valence-electron chi connectivity index (χ2n) is 6.49. The number of halogens is 1. The molecule has 0 bridgehead atoms. The van der Waals surface area contributed by atoms with E-state index in [-0.39, 0.29) is 18.2 Å². The van der Waals surface area contributed by atoms with Crippen LogP contribution in [-0.2, 0) is 28.9 Å². The lowest BCUT2D eigenvalue weighted by Crippen LogP contribution is -2.12. The van der Waals surface area contributed by atoms with Crippen molar-refractivity contribution in [3.05, 3.63) is 58.9 Å². The van der Waals surface area contributed by atoms with Crippen molar-refractivity contribution in [2.45, 2.75) is 39.2 Å². The fraction of sp³-hybridized carbons (Fsp3) is 0.381. The zero-order chi connectivity index (χ0) is 18.4. The highest BCUT2D eigenvalue weighted by atomic mass is 19.1. The molecule has 0 fully saturated rings. The third kappa shape index (κ3) is 4.75. The molecule has 0 radical (unpaired) electrons. The largest absolute Gasteiger partial charge is 0.466 e. The van der Waals surface area contributed by atoms with Crippen molar-refractivity contribution in [3.8, 4) is 0 Å². The van der Waals surface area contributed by atoms with Crippen LogP contribution in [0.25, 0.3) is 0 Å². The third-order valence-electron chi connectivity index (χ3n) is 4.57. The summed E-state index contributed by atoms with van der Waals surface area (Å²) in [5.74, 6) is -0.596. The van der Waals surface area contributed by atoms with Crippen LogP contribution in [0.15, 0.2) is 36.4 Å². The molecule has 0 saturated carbocycles. The van der Waals surface area contributed by atoms with Crippen LogP contribution in [-0.4, -0.2) is 19.1 Å². The number of hydrogen-bond donors (Lipinski definition) is 2. The van der Waals surface area contributed by atoms with Crippen LogP contribution >= 0.6 is 0 Å². The van der Waals surface area contributed by atoms with Crippen molar-refractivity contribution in [1.29, 1.82) is 0 Å². The summed E-state index contributed by atoms with van der Waals surface area (Å²) >= 11 is 0. The molecule has 1 aliphatic rings. The molecule has 1 heterocycles. The molecule has 0 atom stereocenters. The van der Waals surface area contributed by atoms with E-state index < -0.39 is 0 Å². The zero-order valence-electron chi connectivity index (χ0n) is 15.1. The third-order valence-corrected chi connectivity index (χ3v) is 4.57. The van der Waals surface area contributed by atoms with Crippen molar-refractivity contribution in [2.75, 3.05) is 23.8 Å². The van der Waals surface area contributed by atoms with Crippen molar-refractivity contribution < 1.29 is 13.9 Å². The number of benzene rings is 2. The SMILES string of the molecule is CCOC(=O)CCc1ccc(NCc2ccc3c(c2)NCCC3)cc1F. The maximum absolute atomic E-state index is 14.2. The highest BCUT2D eigenvalue weighted by Crippen LogP contribution is 2.24. The minimum absolute atomic E-state index is 0.194. The molecule has 0 unspecified atom stereocenters. The van der Waals surface area contributed by atoms with E-state index in [2.05, 4.69) is 28.8 Å². The zero-order valence-corrected chi connectivity index (χ0v) is 15.1. The highest BCUT2D eigenvalue weighted by Gasteiger charge is 2.10. The first-order valence-electron chi connectivity index (χ1n) is 9.19. The van der Waals surface area contributed by atoms with Crippen LogP contribution in [0.3, 0.4) is 0 Å². The molecule has 26 heavy (non-hydrogen) atoms. The quantitative estimate of drug-likeness (QED) is 0.727. The van der Waals surface area contributed by atoms with Crippen LogP contribution < -0.4 is 10.6 Å². The molecule has 2 aromatic rings. The summed E-state index contributed by atoms with van der Waals surface area (Å²) in [4.78, 5) is 11.4. The molecular formula is C21H25FN2O2. The van der Waals surface area contributed by atoms with Gasteiger partial charge in [-0.1, -0.05) is 18.2 Å². The van der Waals surface area contributed by atoms with Crippen LogP contribution in [0.2, 0.25) is 0 Å². The van der Waals surface area contributed by atoms with Gasteiger partial charge in [0.15, 0.2) is 0 Å². The van der Waals surface area contributed by atoms with Gasteiger partial charge < -0.3 is 15.4 Å². The highest BCUT2D eigenvalue weighted by molar-refractivity contribution is 5.69. The fourth-order valence-corrected chi connectivity index (χ4v) is 3.15. The Labute approximate surface area is 153 Å². The average Bonchev–Trinajstić information content (AvgIpc) is 2.65. The van der Waals surface area contributed by atoms with Gasteiger partial charge in [-0.25, -0.2) is 4.39 Å². The Morgan fingerprint density at radius 3 is 2.96 bits per heavy atom. The Hall–Kier alpha value is -2.56. The first-order chi connectivity index (χ1) is 12.7. The van der Waals surface area contributed by atoms with Gasteiger partial charge in [0.2, 0.25) is 0 Å². The van der Waals surface area contributed by atoms with Crippen LogP contribution in [0.5, 0.6) is 0 Å². The number of rotatable bonds is 7. The van der Waals surface area contributed by atoms with Gasteiger partial charge in [-0.3, -0.25) is 4.79 Å². The van der Waals surface area contributed by atoms with Crippen molar-refractivity contribution in [1.82, 2.24) is 0 Å². The number of aryl methyl sites for hydroxylation is 2. The van der Waals surface area contributed by atoms with Crippen molar-refractivity contribution >= 4 is 17.3 Å². The molecule has 2 aromatic carbocycles. The minimum atomic E-state index is -0.300. The Kier molecular flexibility index (Phi) is 6.10. The smallest absolute Gasteiger partial charge is 0.306 e. The molecule has 2 N–H and O–H groups in total. The van der Waals surface area contributed by atoms with Crippen molar-refractivity contribution in [3.63, 3.8) is 0 Å². The fourth-order valence-electron chi connectivity index (χ4n) is 3.15. The van der Waals surface area contributed by atoms with Gasteiger partial charge in [0.1, 0.15) is 5.82 Å². The molecular weight excluding hydrogens is 331 g/mol. The van der Waals surface area contributed by atoms with Gasteiger partial charge in [-0.2, -0.15) is 0 Å². The van der Waals surface area contributed by atoms with Crippen LogP contribution in [0, 0.1) is 5.82 Å². The van der Waals surface area contributed by atoms with E-state index in [1.165, 1.54) is 23.7 Å². The van der Waals surface area contributed by atoms with E-state index in [1.54, 1.807) is 13.0 Å². The lowest BCUT2D eigenvalue weighted by Gasteiger charge is -2.19.